The van der Waals surface area contributed by atoms with Gasteiger partial charge in [0.2, 0.25) is 0 Å². The SMILES string of the molecule is CN(C(=O)c1ccc(C[C@@H]2CC[C@H]([C@H](O)c3ccc(Cl)nc3)C2)cc1)C1CCc2ncccc21. The average Bonchev–Trinajstić information content (AvgIpc) is 3.51. The molecule has 0 bridgehead atoms. The molecule has 0 saturated heterocycles. The zero-order valence-corrected chi connectivity index (χ0v) is 20.2. The fourth-order valence-electron chi connectivity index (χ4n) is 5.68. The summed E-state index contributed by atoms with van der Waals surface area (Å²) in [5, 5.41) is 11.2. The van der Waals surface area contributed by atoms with Gasteiger partial charge < -0.3 is 10.0 Å². The molecule has 5 rings (SSSR count). The molecule has 2 aliphatic rings. The molecule has 6 heteroatoms. The Balaban J connectivity index is 1.18. The lowest BCUT2D eigenvalue weighted by molar-refractivity contribution is 0.0730. The third-order valence-electron chi connectivity index (χ3n) is 7.57. The van der Waals surface area contributed by atoms with Crippen LogP contribution in [-0.4, -0.2) is 32.9 Å². The number of rotatable bonds is 6. The predicted octanol–water partition coefficient (Wildman–Crippen LogP) is 5.58. The summed E-state index contributed by atoms with van der Waals surface area (Å²) in [5.41, 5.74) is 5.07. The summed E-state index contributed by atoms with van der Waals surface area (Å²) in [4.78, 5) is 23.6. The summed E-state index contributed by atoms with van der Waals surface area (Å²) in [7, 11) is 1.89. The van der Waals surface area contributed by atoms with E-state index in [0.29, 0.717) is 11.1 Å². The van der Waals surface area contributed by atoms with Crippen molar-refractivity contribution in [1.82, 2.24) is 14.9 Å². The van der Waals surface area contributed by atoms with Crippen molar-refractivity contribution < 1.29 is 9.90 Å². The van der Waals surface area contributed by atoms with E-state index in [2.05, 4.69) is 28.2 Å². The van der Waals surface area contributed by atoms with Crippen molar-refractivity contribution in [2.24, 2.45) is 11.8 Å². The summed E-state index contributed by atoms with van der Waals surface area (Å²) >= 11 is 5.87. The van der Waals surface area contributed by atoms with Gasteiger partial charge in [0.15, 0.2) is 0 Å². The van der Waals surface area contributed by atoms with Crippen LogP contribution < -0.4 is 0 Å². The Morgan fingerprint density at radius 3 is 2.71 bits per heavy atom. The highest BCUT2D eigenvalue weighted by Gasteiger charge is 2.32. The fraction of sp³-hybridized carbons (Fsp3) is 0.393. The summed E-state index contributed by atoms with van der Waals surface area (Å²) in [5.74, 6) is 0.826. The Bertz CT molecular complexity index is 1150. The Kier molecular flexibility index (Phi) is 6.66. The van der Waals surface area contributed by atoms with Gasteiger partial charge >= 0.3 is 0 Å². The molecular formula is C28H30ClN3O2. The van der Waals surface area contributed by atoms with Crippen molar-refractivity contribution >= 4 is 17.5 Å². The van der Waals surface area contributed by atoms with E-state index in [1.807, 2.05) is 42.4 Å². The molecule has 0 aliphatic heterocycles. The van der Waals surface area contributed by atoms with E-state index < -0.39 is 6.10 Å². The van der Waals surface area contributed by atoms with Crippen LogP contribution in [0.4, 0.5) is 0 Å². The second kappa shape index (κ2) is 9.85. The lowest BCUT2D eigenvalue weighted by Crippen LogP contribution is -2.30. The fourth-order valence-corrected chi connectivity index (χ4v) is 5.79. The second-order valence-corrected chi connectivity index (χ2v) is 10.1. The Hall–Kier alpha value is -2.76. The van der Waals surface area contributed by atoms with E-state index >= 15 is 0 Å². The molecule has 1 amide bonds. The standard InChI is InChI=1S/C28H30ClN3O2/c1-32(25-12-11-24-23(25)3-2-14-30-24)28(34)20-7-4-18(5-8-20)15-19-6-9-21(16-19)27(33)22-10-13-26(29)31-17-22/h2-5,7-8,10,13-14,17,19,21,25,27,33H,6,9,11-12,15-16H2,1H3/t19-,21-,25?,27-/m0/s1. The van der Waals surface area contributed by atoms with Crippen molar-refractivity contribution in [1.29, 1.82) is 0 Å². The number of carbonyl (C=O) groups excluding carboxylic acids is 1. The van der Waals surface area contributed by atoms with Crippen molar-refractivity contribution in [3.8, 4) is 0 Å². The maximum Gasteiger partial charge on any atom is 0.254 e. The van der Waals surface area contributed by atoms with E-state index in [4.69, 9.17) is 11.6 Å². The molecule has 4 atom stereocenters. The largest absolute Gasteiger partial charge is 0.388 e. The van der Waals surface area contributed by atoms with Crippen LogP contribution >= 0.6 is 11.6 Å². The number of pyridine rings is 2. The number of amides is 1. The predicted molar refractivity (Wildman–Crippen MR) is 133 cm³/mol. The maximum atomic E-state index is 13.1. The molecule has 1 N–H and O–H groups in total. The van der Waals surface area contributed by atoms with Crippen LogP contribution in [0.2, 0.25) is 5.15 Å². The molecule has 1 aromatic carbocycles. The van der Waals surface area contributed by atoms with Gasteiger partial charge in [0.25, 0.3) is 5.91 Å². The summed E-state index contributed by atoms with van der Waals surface area (Å²) in [6.45, 7) is 0. The molecule has 0 spiro atoms. The summed E-state index contributed by atoms with van der Waals surface area (Å²) < 4.78 is 0. The molecule has 1 saturated carbocycles. The highest BCUT2D eigenvalue weighted by atomic mass is 35.5. The first-order chi connectivity index (χ1) is 16.5. The molecule has 176 valence electrons. The number of fused-ring (bicyclic) bond motifs is 1. The number of nitrogens with zero attached hydrogens (tertiary/aromatic N) is 3. The van der Waals surface area contributed by atoms with Crippen LogP contribution in [0, 0.1) is 11.8 Å². The Morgan fingerprint density at radius 1 is 1.12 bits per heavy atom. The molecule has 1 unspecified atom stereocenters. The minimum absolute atomic E-state index is 0.0499. The number of hydrogen-bond donors (Lipinski definition) is 1. The second-order valence-electron chi connectivity index (χ2n) is 9.71. The average molecular weight is 476 g/mol. The first-order valence-electron chi connectivity index (χ1n) is 12.1. The zero-order valence-electron chi connectivity index (χ0n) is 19.4. The number of carbonyl (C=O) groups is 1. The van der Waals surface area contributed by atoms with Gasteiger partial charge in [-0.25, -0.2) is 4.98 Å². The van der Waals surface area contributed by atoms with Crippen LogP contribution in [0.25, 0.3) is 0 Å². The molecule has 2 heterocycles. The van der Waals surface area contributed by atoms with Crippen LogP contribution in [0.5, 0.6) is 0 Å². The first kappa shape index (κ1) is 23.0. The van der Waals surface area contributed by atoms with Gasteiger partial charge in [-0.2, -0.15) is 0 Å². The first-order valence-corrected chi connectivity index (χ1v) is 12.5. The number of benzene rings is 1. The number of aryl methyl sites for hydroxylation is 1. The minimum atomic E-state index is -0.499. The number of aliphatic hydroxyl groups excluding tert-OH is 1. The van der Waals surface area contributed by atoms with Crippen LogP contribution in [-0.2, 0) is 12.8 Å². The zero-order chi connectivity index (χ0) is 23.7. The number of hydrogen-bond acceptors (Lipinski definition) is 4. The van der Waals surface area contributed by atoms with E-state index in [-0.39, 0.29) is 17.9 Å². The van der Waals surface area contributed by atoms with Gasteiger partial charge in [-0.05, 0) is 91.3 Å². The van der Waals surface area contributed by atoms with Gasteiger partial charge in [0, 0.05) is 30.7 Å². The molecule has 2 aromatic heterocycles. The van der Waals surface area contributed by atoms with Crippen molar-refractivity contribution in [3.63, 3.8) is 0 Å². The number of aromatic nitrogens is 2. The molecule has 34 heavy (non-hydrogen) atoms. The quantitative estimate of drug-likeness (QED) is 0.472. The van der Waals surface area contributed by atoms with Gasteiger partial charge in [-0.3, -0.25) is 9.78 Å². The summed E-state index contributed by atoms with van der Waals surface area (Å²) in [6, 6.07) is 15.8. The van der Waals surface area contributed by atoms with Crippen molar-refractivity contribution in [2.75, 3.05) is 7.05 Å². The van der Waals surface area contributed by atoms with E-state index in [1.54, 1.807) is 12.3 Å². The molecule has 2 aliphatic carbocycles. The molecule has 3 aromatic rings. The van der Waals surface area contributed by atoms with Crippen molar-refractivity contribution in [3.05, 3.63) is 94.0 Å². The van der Waals surface area contributed by atoms with E-state index in [9.17, 15) is 9.90 Å². The van der Waals surface area contributed by atoms with Gasteiger partial charge in [0.1, 0.15) is 5.15 Å². The normalized spacial score (nSPS) is 22.4. The lowest BCUT2D eigenvalue weighted by Gasteiger charge is -2.25. The lowest BCUT2D eigenvalue weighted by atomic mass is 9.92. The van der Waals surface area contributed by atoms with Crippen LogP contribution in [0.1, 0.15) is 70.6 Å². The number of aliphatic hydroxyl groups is 1. The van der Waals surface area contributed by atoms with Crippen LogP contribution in [0.15, 0.2) is 60.9 Å². The van der Waals surface area contributed by atoms with Crippen LogP contribution in [0.3, 0.4) is 0 Å². The highest BCUT2D eigenvalue weighted by Crippen LogP contribution is 2.40. The Labute approximate surface area is 205 Å². The van der Waals surface area contributed by atoms with E-state index in [1.165, 1.54) is 11.1 Å². The molecule has 5 nitrogen and oxygen atoms in total. The highest BCUT2D eigenvalue weighted by molar-refractivity contribution is 6.29. The smallest absolute Gasteiger partial charge is 0.254 e. The van der Waals surface area contributed by atoms with Gasteiger partial charge in [-0.15, -0.1) is 0 Å². The van der Waals surface area contributed by atoms with Crippen molar-refractivity contribution in [2.45, 2.75) is 50.7 Å². The topological polar surface area (TPSA) is 66.3 Å². The van der Waals surface area contributed by atoms with Gasteiger partial charge in [-0.1, -0.05) is 35.9 Å². The van der Waals surface area contributed by atoms with Gasteiger partial charge in [0.05, 0.1) is 12.1 Å². The minimum Gasteiger partial charge on any atom is -0.388 e. The maximum absolute atomic E-state index is 13.1. The number of halogens is 1. The monoisotopic (exact) mass is 475 g/mol. The van der Waals surface area contributed by atoms with E-state index in [0.717, 1.165) is 55.3 Å². The molecule has 1 fully saturated rings. The third-order valence-corrected chi connectivity index (χ3v) is 7.80. The molecular weight excluding hydrogens is 446 g/mol. The summed E-state index contributed by atoms with van der Waals surface area (Å²) in [6.07, 6.45) is 8.90. The Morgan fingerprint density at radius 2 is 1.94 bits per heavy atom. The third kappa shape index (κ3) is 4.73. The molecule has 0 radical (unpaired) electrons.